The largest absolute Gasteiger partial charge is 0.380 e. The molecule has 0 atom stereocenters. The smallest absolute Gasteiger partial charge is 0.253 e. The molecule has 0 radical (unpaired) electrons. The molecule has 1 amide bonds. The molecule has 3 rings (SSSR count). The normalized spacial score (nSPS) is 11.0. The van der Waals surface area contributed by atoms with Crippen LogP contribution in [-0.4, -0.2) is 23.0 Å². The minimum atomic E-state index is -0.0373. The molecule has 1 aromatic carbocycles. The number of anilines is 1. The van der Waals surface area contributed by atoms with Gasteiger partial charge in [0.15, 0.2) is 0 Å². The van der Waals surface area contributed by atoms with Gasteiger partial charge < -0.3 is 14.7 Å². The lowest BCUT2D eigenvalue weighted by Gasteiger charge is -2.16. The number of aryl methyl sites for hydroxylation is 1. The second kappa shape index (κ2) is 8.39. The molecule has 2 aromatic heterocycles. The van der Waals surface area contributed by atoms with Crippen molar-refractivity contribution in [1.82, 2.24) is 10.1 Å². The van der Waals surface area contributed by atoms with E-state index in [1.807, 2.05) is 30.3 Å². The molecular formula is C21H25N3O2S. The van der Waals surface area contributed by atoms with E-state index in [1.165, 1.54) is 10.4 Å². The fraction of sp³-hybridized carbons (Fsp3) is 0.333. The highest BCUT2D eigenvalue weighted by atomic mass is 32.1. The summed E-state index contributed by atoms with van der Waals surface area (Å²) in [5.41, 5.74) is 3.72. The summed E-state index contributed by atoms with van der Waals surface area (Å²) in [5, 5.41) is 9.55. The summed E-state index contributed by atoms with van der Waals surface area (Å²) >= 11 is 1.75. The van der Waals surface area contributed by atoms with Gasteiger partial charge in [0.2, 0.25) is 0 Å². The van der Waals surface area contributed by atoms with E-state index in [0.717, 1.165) is 23.7 Å². The van der Waals surface area contributed by atoms with Crippen molar-refractivity contribution in [3.63, 3.8) is 0 Å². The lowest BCUT2D eigenvalue weighted by molar-refractivity contribution is 0.0782. The summed E-state index contributed by atoms with van der Waals surface area (Å²) in [6.45, 7) is 7.43. The zero-order valence-electron chi connectivity index (χ0n) is 16.2. The maximum atomic E-state index is 12.6. The third-order valence-electron chi connectivity index (χ3n) is 4.45. The van der Waals surface area contributed by atoms with Gasteiger partial charge in [-0.2, -0.15) is 0 Å². The number of carbonyl (C=O) groups is 1. The summed E-state index contributed by atoms with van der Waals surface area (Å²) in [4.78, 5) is 15.6. The number of hydrogen-bond acceptors (Lipinski definition) is 5. The first-order valence-corrected chi connectivity index (χ1v) is 9.90. The van der Waals surface area contributed by atoms with E-state index in [0.29, 0.717) is 12.1 Å². The van der Waals surface area contributed by atoms with Crippen LogP contribution in [0, 0.1) is 6.92 Å². The third-order valence-corrected chi connectivity index (χ3v) is 5.47. The topological polar surface area (TPSA) is 58.4 Å². The van der Waals surface area contributed by atoms with Crippen molar-refractivity contribution in [2.45, 2.75) is 39.8 Å². The molecule has 0 aliphatic rings. The number of benzene rings is 1. The Morgan fingerprint density at radius 1 is 1.26 bits per heavy atom. The molecule has 5 nitrogen and oxygen atoms in total. The van der Waals surface area contributed by atoms with Gasteiger partial charge in [-0.05, 0) is 48.2 Å². The first-order valence-electron chi connectivity index (χ1n) is 9.02. The second-order valence-corrected chi connectivity index (χ2v) is 7.99. The average molecular weight is 384 g/mol. The number of amides is 1. The highest BCUT2D eigenvalue weighted by Gasteiger charge is 2.15. The lowest BCUT2D eigenvalue weighted by Crippen LogP contribution is -2.26. The minimum absolute atomic E-state index is 0.0373. The Hall–Kier alpha value is -2.60. The molecule has 1 N–H and O–H groups in total. The Morgan fingerprint density at radius 2 is 2.00 bits per heavy atom. The number of thiophene rings is 1. The predicted octanol–water partition coefficient (Wildman–Crippen LogP) is 5.05. The van der Waals surface area contributed by atoms with E-state index in [2.05, 4.69) is 42.7 Å². The van der Waals surface area contributed by atoms with Crippen LogP contribution in [0.25, 0.3) is 0 Å². The van der Waals surface area contributed by atoms with Crippen LogP contribution in [0.15, 0.2) is 46.3 Å². The van der Waals surface area contributed by atoms with Crippen LogP contribution in [0.5, 0.6) is 0 Å². The molecule has 0 fully saturated rings. The van der Waals surface area contributed by atoms with E-state index in [-0.39, 0.29) is 11.8 Å². The van der Waals surface area contributed by atoms with Crippen LogP contribution < -0.4 is 5.32 Å². The van der Waals surface area contributed by atoms with E-state index >= 15 is 0 Å². The summed E-state index contributed by atoms with van der Waals surface area (Å²) in [6, 6.07) is 11.6. The highest BCUT2D eigenvalue weighted by molar-refractivity contribution is 7.10. The van der Waals surface area contributed by atoms with Gasteiger partial charge in [-0.15, -0.1) is 11.3 Å². The van der Waals surface area contributed by atoms with Gasteiger partial charge in [-0.1, -0.05) is 19.0 Å². The monoisotopic (exact) mass is 383 g/mol. The Morgan fingerprint density at radius 3 is 2.59 bits per heavy atom. The minimum Gasteiger partial charge on any atom is -0.380 e. The molecule has 142 valence electrons. The van der Waals surface area contributed by atoms with Crippen LogP contribution in [0.2, 0.25) is 0 Å². The maximum absolute atomic E-state index is 12.6. The Labute approximate surface area is 164 Å². The van der Waals surface area contributed by atoms with Crippen molar-refractivity contribution in [1.29, 1.82) is 0 Å². The van der Waals surface area contributed by atoms with Crippen molar-refractivity contribution < 1.29 is 9.32 Å². The van der Waals surface area contributed by atoms with Crippen molar-refractivity contribution in [2.75, 3.05) is 12.4 Å². The van der Waals surface area contributed by atoms with Crippen LogP contribution in [0.4, 0.5) is 5.69 Å². The Bertz CT molecular complexity index is 896. The summed E-state index contributed by atoms with van der Waals surface area (Å²) in [7, 11) is 1.78. The van der Waals surface area contributed by atoms with E-state index < -0.39 is 0 Å². The van der Waals surface area contributed by atoms with E-state index in [4.69, 9.17) is 4.52 Å². The molecule has 6 heteroatoms. The first kappa shape index (κ1) is 19.2. The van der Waals surface area contributed by atoms with Crippen LogP contribution >= 0.6 is 11.3 Å². The number of aromatic nitrogens is 1. The summed E-state index contributed by atoms with van der Waals surface area (Å²) in [6.07, 6.45) is 0. The van der Waals surface area contributed by atoms with Gasteiger partial charge in [-0.25, -0.2) is 0 Å². The predicted molar refractivity (Wildman–Crippen MR) is 109 cm³/mol. The number of nitrogens with one attached hydrogen (secondary N) is 1. The third kappa shape index (κ3) is 4.77. The maximum Gasteiger partial charge on any atom is 0.253 e. The van der Waals surface area contributed by atoms with Gasteiger partial charge >= 0.3 is 0 Å². The Kier molecular flexibility index (Phi) is 5.96. The van der Waals surface area contributed by atoms with Gasteiger partial charge in [0.25, 0.3) is 5.91 Å². The van der Waals surface area contributed by atoms with Crippen LogP contribution in [-0.2, 0) is 13.1 Å². The number of nitrogens with zero attached hydrogens (tertiary/aromatic N) is 2. The van der Waals surface area contributed by atoms with Crippen molar-refractivity contribution in [2.24, 2.45) is 0 Å². The summed E-state index contributed by atoms with van der Waals surface area (Å²) < 4.78 is 5.30. The van der Waals surface area contributed by atoms with E-state index in [1.54, 1.807) is 23.3 Å². The number of carbonyl (C=O) groups excluding carboxylic acids is 1. The summed E-state index contributed by atoms with van der Waals surface area (Å²) in [5.74, 6) is 1.08. The molecular weight excluding hydrogens is 358 g/mol. The van der Waals surface area contributed by atoms with Crippen LogP contribution in [0.3, 0.4) is 0 Å². The molecule has 0 spiro atoms. The SMILES string of the molecule is Cc1ccsc1CNc1ccc(C(=O)N(C)Cc2cc(C(C)C)on2)cc1. The molecule has 0 bridgehead atoms. The van der Waals surface area contributed by atoms with E-state index in [9.17, 15) is 4.79 Å². The molecule has 0 saturated carbocycles. The number of rotatable bonds is 7. The molecule has 0 aliphatic carbocycles. The zero-order valence-corrected chi connectivity index (χ0v) is 17.0. The van der Waals surface area contributed by atoms with Gasteiger partial charge in [0, 0.05) is 41.7 Å². The molecule has 27 heavy (non-hydrogen) atoms. The first-order chi connectivity index (χ1) is 12.9. The van der Waals surface area contributed by atoms with Crippen molar-refractivity contribution in [3.8, 4) is 0 Å². The fourth-order valence-electron chi connectivity index (χ4n) is 2.71. The average Bonchev–Trinajstić information content (AvgIpc) is 3.29. The van der Waals surface area contributed by atoms with Crippen molar-refractivity contribution >= 4 is 22.9 Å². The van der Waals surface area contributed by atoms with Gasteiger partial charge in [-0.3, -0.25) is 4.79 Å². The lowest BCUT2D eigenvalue weighted by atomic mass is 10.1. The zero-order chi connectivity index (χ0) is 19.4. The fourth-order valence-corrected chi connectivity index (χ4v) is 3.55. The molecule has 3 aromatic rings. The Balaban J connectivity index is 1.58. The van der Waals surface area contributed by atoms with Gasteiger partial charge in [0.05, 0.1) is 6.54 Å². The second-order valence-electron chi connectivity index (χ2n) is 6.99. The van der Waals surface area contributed by atoms with Crippen LogP contribution in [0.1, 0.15) is 52.0 Å². The van der Waals surface area contributed by atoms with Gasteiger partial charge in [0.1, 0.15) is 11.5 Å². The molecule has 0 saturated heterocycles. The molecule has 2 heterocycles. The highest BCUT2D eigenvalue weighted by Crippen LogP contribution is 2.19. The standard InChI is InChI=1S/C21H25N3O2S/c1-14(2)19-11-18(23-26-19)13-24(4)21(25)16-5-7-17(8-6-16)22-12-20-15(3)9-10-27-20/h5-11,14,22H,12-13H2,1-4H3. The molecule has 0 aliphatic heterocycles. The molecule has 0 unspecified atom stereocenters. The van der Waals surface area contributed by atoms with Crippen molar-refractivity contribution in [3.05, 3.63) is 69.2 Å². The number of hydrogen-bond donors (Lipinski definition) is 1. The quantitative estimate of drug-likeness (QED) is 0.620.